The van der Waals surface area contributed by atoms with Crippen molar-refractivity contribution in [3.8, 4) is 5.75 Å². The third-order valence-electron chi connectivity index (χ3n) is 3.27. The molecule has 0 fully saturated rings. The molecule has 1 aromatic carbocycles. The number of hydrogen-bond donors (Lipinski definition) is 2. The Balaban J connectivity index is 1.90. The van der Waals surface area contributed by atoms with Gasteiger partial charge in [-0.2, -0.15) is 0 Å². The molecule has 0 atom stereocenters. The van der Waals surface area contributed by atoms with Crippen molar-refractivity contribution >= 4 is 28.9 Å². The first-order chi connectivity index (χ1) is 11.5. The largest absolute Gasteiger partial charge is 0.494 e. The van der Waals surface area contributed by atoms with Crippen LogP contribution in [0.4, 0.5) is 5.69 Å². The highest BCUT2D eigenvalue weighted by molar-refractivity contribution is 7.13. The first kappa shape index (κ1) is 17.9. The van der Waals surface area contributed by atoms with Gasteiger partial charge in [0, 0.05) is 12.1 Å². The van der Waals surface area contributed by atoms with Crippen LogP contribution in [0, 0.1) is 6.92 Å². The van der Waals surface area contributed by atoms with E-state index in [-0.39, 0.29) is 12.3 Å². The molecule has 0 aliphatic rings. The standard InChI is InChI=1S/C17H20N2O4S/c1-3-14-18-11(2)16(24-14)17(22)19-12-6-8-13(9-7-12)23-10-4-5-15(20)21/h6-9H,3-5,10H2,1-2H3,(H,19,22)(H,20,21). The summed E-state index contributed by atoms with van der Waals surface area (Å²) in [7, 11) is 0. The molecule has 0 bridgehead atoms. The maximum atomic E-state index is 12.3. The fraction of sp³-hybridized carbons (Fsp3) is 0.353. The number of carbonyl (C=O) groups excluding carboxylic acids is 1. The molecule has 6 nitrogen and oxygen atoms in total. The van der Waals surface area contributed by atoms with Crippen molar-refractivity contribution in [2.75, 3.05) is 11.9 Å². The number of anilines is 1. The molecular formula is C17H20N2O4S. The molecule has 0 spiro atoms. The summed E-state index contributed by atoms with van der Waals surface area (Å²) in [6.45, 7) is 4.19. The third kappa shape index (κ3) is 5.06. The zero-order chi connectivity index (χ0) is 17.5. The summed E-state index contributed by atoms with van der Waals surface area (Å²) in [5.74, 6) is -0.360. The quantitative estimate of drug-likeness (QED) is 0.713. The Morgan fingerprint density at radius 2 is 2.00 bits per heavy atom. The van der Waals surface area contributed by atoms with Crippen molar-refractivity contribution in [1.29, 1.82) is 0 Å². The molecule has 1 amide bonds. The number of amides is 1. The molecule has 0 aliphatic carbocycles. The van der Waals surface area contributed by atoms with Crippen molar-refractivity contribution in [1.82, 2.24) is 4.98 Å². The Morgan fingerprint density at radius 1 is 1.29 bits per heavy atom. The molecule has 2 rings (SSSR count). The number of rotatable bonds is 8. The maximum Gasteiger partial charge on any atom is 0.303 e. The van der Waals surface area contributed by atoms with Crippen LogP contribution in [0.1, 0.15) is 40.1 Å². The number of thiazole rings is 1. The smallest absolute Gasteiger partial charge is 0.303 e. The fourth-order valence-electron chi connectivity index (χ4n) is 2.05. The number of carboxylic acids is 1. The van der Waals surface area contributed by atoms with Gasteiger partial charge in [0.15, 0.2) is 0 Å². The zero-order valence-electron chi connectivity index (χ0n) is 13.7. The lowest BCUT2D eigenvalue weighted by atomic mass is 10.3. The summed E-state index contributed by atoms with van der Waals surface area (Å²) in [6, 6.07) is 6.99. The van der Waals surface area contributed by atoms with Gasteiger partial charge >= 0.3 is 5.97 Å². The zero-order valence-corrected chi connectivity index (χ0v) is 14.5. The molecule has 2 N–H and O–H groups in total. The fourth-order valence-corrected chi connectivity index (χ4v) is 2.95. The lowest BCUT2D eigenvalue weighted by Gasteiger charge is -2.07. The van der Waals surface area contributed by atoms with E-state index in [4.69, 9.17) is 9.84 Å². The summed E-state index contributed by atoms with van der Waals surface area (Å²) in [6.07, 6.45) is 1.35. The van der Waals surface area contributed by atoms with Crippen molar-refractivity contribution in [3.63, 3.8) is 0 Å². The van der Waals surface area contributed by atoms with E-state index in [1.165, 1.54) is 11.3 Å². The van der Waals surface area contributed by atoms with E-state index in [2.05, 4.69) is 10.3 Å². The van der Waals surface area contributed by atoms with Crippen molar-refractivity contribution in [2.45, 2.75) is 33.1 Å². The molecule has 0 saturated carbocycles. The van der Waals surface area contributed by atoms with Gasteiger partial charge in [0.05, 0.1) is 17.3 Å². The number of carbonyl (C=O) groups is 2. The van der Waals surface area contributed by atoms with Gasteiger partial charge in [-0.25, -0.2) is 4.98 Å². The highest BCUT2D eigenvalue weighted by atomic mass is 32.1. The Morgan fingerprint density at radius 3 is 2.58 bits per heavy atom. The topological polar surface area (TPSA) is 88.5 Å². The van der Waals surface area contributed by atoms with Gasteiger partial charge < -0.3 is 15.2 Å². The highest BCUT2D eigenvalue weighted by Gasteiger charge is 2.14. The van der Waals surface area contributed by atoms with Crippen molar-refractivity contribution in [2.24, 2.45) is 0 Å². The monoisotopic (exact) mass is 348 g/mol. The Kier molecular flexibility index (Phi) is 6.31. The summed E-state index contributed by atoms with van der Waals surface area (Å²) < 4.78 is 5.45. The molecule has 1 heterocycles. The Hall–Kier alpha value is -2.41. The van der Waals surface area contributed by atoms with Gasteiger partial charge in [0.1, 0.15) is 10.6 Å². The van der Waals surface area contributed by atoms with Crippen LogP contribution < -0.4 is 10.1 Å². The van der Waals surface area contributed by atoms with E-state index >= 15 is 0 Å². The van der Waals surface area contributed by atoms with Gasteiger partial charge in [-0.05, 0) is 44.0 Å². The van der Waals surface area contributed by atoms with E-state index in [1.54, 1.807) is 24.3 Å². The SMILES string of the molecule is CCc1nc(C)c(C(=O)Nc2ccc(OCCCC(=O)O)cc2)s1. The summed E-state index contributed by atoms with van der Waals surface area (Å²) in [5, 5.41) is 12.4. The van der Waals surface area contributed by atoms with Crippen LogP contribution in [0.25, 0.3) is 0 Å². The van der Waals surface area contributed by atoms with Gasteiger partial charge in [0.2, 0.25) is 0 Å². The number of aliphatic carboxylic acids is 1. The van der Waals surface area contributed by atoms with Crippen molar-refractivity contribution in [3.05, 3.63) is 39.8 Å². The van der Waals surface area contributed by atoms with Gasteiger partial charge in [-0.1, -0.05) is 6.92 Å². The lowest BCUT2D eigenvalue weighted by Crippen LogP contribution is -2.11. The van der Waals surface area contributed by atoms with E-state index in [0.29, 0.717) is 29.3 Å². The minimum Gasteiger partial charge on any atom is -0.494 e. The number of nitrogens with zero attached hydrogens (tertiary/aromatic N) is 1. The number of aromatic nitrogens is 1. The first-order valence-corrected chi connectivity index (χ1v) is 8.53. The molecule has 0 radical (unpaired) electrons. The van der Waals surface area contributed by atoms with Crippen LogP contribution in [0.15, 0.2) is 24.3 Å². The van der Waals surface area contributed by atoms with Gasteiger partial charge in [0.25, 0.3) is 5.91 Å². The number of benzene rings is 1. The van der Waals surface area contributed by atoms with E-state index in [0.717, 1.165) is 17.1 Å². The number of aryl methyl sites for hydroxylation is 2. The first-order valence-electron chi connectivity index (χ1n) is 7.72. The van der Waals surface area contributed by atoms with Gasteiger partial charge in [-0.3, -0.25) is 9.59 Å². The molecule has 0 saturated heterocycles. The summed E-state index contributed by atoms with van der Waals surface area (Å²) in [4.78, 5) is 27.7. The molecule has 24 heavy (non-hydrogen) atoms. The maximum absolute atomic E-state index is 12.3. The Bertz CT molecular complexity index is 710. The number of carboxylic acid groups (broad SMARTS) is 1. The van der Waals surface area contributed by atoms with E-state index in [9.17, 15) is 9.59 Å². The number of ether oxygens (including phenoxy) is 1. The van der Waals surface area contributed by atoms with Crippen LogP contribution in [-0.4, -0.2) is 28.6 Å². The van der Waals surface area contributed by atoms with Crippen LogP contribution in [0.5, 0.6) is 5.75 Å². The van der Waals surface area contributed by atoms with Crippen molar-refractivity contribution < 1.29 is 19.4 Å². The average molecular weight is 348 g/mol. The minimum absolute atomic E-state index is 0.0854. The highest BCUT2D eigenvalue weighted by Crippen LogP contribution is 2.21. The van der Waals surface area contributed by atoms with E-state index < -0.39 is 5.97 Å². The second-order valence-electron chi connectivity index (χ2n) is 5.20. The second kappa shape index (κ2) is 8.44. The summed E-state index contributed by atoms with van der Waals surface area (Å²) >= 11 is 1.41. The van der Waals surface area contributed by atoms with E-state index in [1.807, 2.05) is 13.8 Å². The minimum atomic E-state index is -0.832. The second-order valence-corrected chi connectivity index (χ2v) is 6.28. The normalized spacial score (nSPS) is 10.4. The summed E-state index contributed by atoms with van der Waals surface area (Å²) in [5.41, 5.74) is 1.41. The van der Waals surface area contributed by atoms with Crippen LogP contribution in [0.2, 0.25) is 0 Å². The Labute approximate surface area is 144 Å². The average Bonchev–Trinajstić information content (AvgIpc) is 2.94. The predicted octanol–water partition coefficient (Wildman–Crippen LogP) is 3.51. The molecule has 2 aromatic rings. The van der Waals surface area contributed by atoms with Crippen LogP contribution in [-0.2, 0) is 11.2 Å². The van der Waals surface area contributed by atoms with Crippen LogP contribution in [0.3, 0.4) is 0 Å². The number of hydrogen-bond acceptors (Lipinski definition) is 5. The molecule has 7 heteroatoms. The molecular weight excluding hydrogens is 328 g/mol. The molecule has 0 unspecified atom stereocenters. The lowest BCUT2D eigenvalue weighted by molar-refractivity contribution is -0.137. The third-order valence-corrected chi connectivity index (χ3v) is 4.57. The van der Waals surface area contributed by atoms with Crippen LogP contribution >= 0.6 is 11.3 Å². The predicted molar refractivity (Wildman–Crippen MR) is 93.0 cm³/mol. The molecule has 128 valence electrons. The molecule has 0 aliphatic heterocycles. The molecule has 1 aromatic heterocycles. The number of nitrogens with one attached hydrogen (secondary N) is 1. The van der Waals surface area contributed by atoms with Gasteiger partial charge in [-0.15, -0.1) is 11.3 Å².